The molecule has 0 radical (unpaired) electrons. The minimum atomic E-state index is 0.407. The van der Waals surface area contributed by atoms with Crippen molar-refractivity contribution in [3.8, 4) is 0 Å². The molecule has 1 heterocycles. The molecule has 3 heteroatoms. The Morgan fingerprint density at radius 3 is 2.63 bits per heavy atom. The van der Waals surface area contributed by atoms with Crippen LogP contribution in [0.2, 0.25) is 5.02 Å². The highest BCUT2D eigenvalue weighted by Crippen LogP contribution is 2.44. The van der Waals surface area contributed by atoms with E-state index in [1.807, 2.05) is 30.0 Å². The number of nitrogens with zero attached hydrogens (tertiary/aromatic N) is 1. The molecule has 3 rings (SSSR count). The molecule has 0 saturated carbocycles. The lowest BCUT2D eigenvalue weighted by molar-refractivity contribution is 1.00. The Bertz CT molecular complexity index is 619. The summed E-state index contributed by atoms with van der Waals surface area (Å²) in [6.07, 6.45) is 0.973. The summed E-state index contributed by atoms with van der Waals surface area (Å²) in [5, 5.41) is 1.19. The van der Waals surface area contributed by atoms with E-state index in [0.717, 1.165) is 17.1 Å². The molecule has 0 amide bonds. The molecule has 2 aromatic rings. The standard InChI is InChI=1S/C16H14ClNS/c1-11-10-16(12-6-8-13(17)9-7-12)19-15-5-3-2-4-14(15)18-11/h2-9,16H,10H2,1H3/t16-/m0/s1. The van der Waals surface area contributed by atoms with Gasteiger partial charge in [-0.2, -0.15) is 0 Å². The molecule has 0 aromatic heterocycles. The number of fused-ring (bicyclic) bond motifs is 1. The normalized spacial score (nSPS) is 18.4. The fourth-order valence-corrected chi connectivity index (χ4v) is 3.67. The van der Waals surface area contributed by atoms with Crippen molar-refractivity contribution in [1.29, 1.82) is 0 Å². The molecule has 2 aromatic carbocycles. The summed E-state index contributed by atoms with van der Waals surface area (Å²) in [6.45, 7) is 2.10. The van der Waals surface area contributed by atoms with Gasteiger partial charge in [-0.05, 0) is 36.8 Å². The van der Waals surface area contributed by atoms with Crippen molar-refractivity contribution in [2.24, 2.45) is 4.99 Å². The number of halogens is 1. The molecule has 0 aliphatic carbocycles. The Labute approximate surface area is 122 Å². The molecule has 1 aliphatic heterocycles. The molecule has 1 nitrogen and oxygen atoms in total. The van der Waals surface area contributed by atoms with Crippen LogP contribution in [0.4, 0.5) is 5.69 Å². The number of para-hydroxylation sites is 1. The number of rotatable bonds is 1. The van der Waals surface area contributed by atoms with Gasteiger partial charge in [0.1, 0.15) is 0 Å². The maximum Gasteiger partial charge on any atom is 0.0764 e. The fourth-order valence-electron chi connectivity index (χ4n) is 2.23. The molecule has 1 atom stereocenters. The predicted octanol–water partition coefficient (Wildman–Crippen LogP) is 5.67. The van der Waals surface area contributed by atoms with Crippen LogP contribution in [0.5, 0.6) is 0 Å². The van der Waals surface area contributed by atoms with Gasteiger partial charge in [-0.1, -0.05) is 35.9 Å². The summed E-state index contributed by atoms with van der Waals surface area (Å²) < 4.78 is 0. The lowest BCUT2D eigenvalue weighted by Crippen LogP contribution is -1.99. The van der Waals surface area contributed by atoms with Crippen LogP contribution in [0.15, 0.2) is 58.4 Å². The van der Waals surface area contributed by atoms with Gasteiger partial charge in [-0.15, -0.1) is 11.8 Å². The Morgan fingerprint density at radius 1 is 1.11 bits per heavy atom. The minimum Gasteiger partial charge on any atom is -0.257 e. The maximum atomic E-state index is 5.96. The average Bonchev–Trinajstić information content (AvgIpc) is 2.57. The first-order valence-corrected chi connectivity index (χ1v) is 7.53. The molecule has 0 fully saturated rings. The van der Waals surface area contributed by atoms with Gasteiger partial charge in [0.05, 0.1) is 5.69 Å². The van der Waals surface area contributed by atoms with Gasteiger partial charge in [-0.3, -0.25) is 4.99 Å². The zero-order valence-corrected chi connectivity index (χ0v) is 12.2. The monoisotopic (exact) mass is 287 g/mol. The Balaban J connectivity index is 1.98. The fraction of sp³-hybridized carbons (Fsp3) is 0.188. The maximum absolute atomic E-state index is 5.96. The molecule has 19 heavy (non-hydrogen) atoms. The second-order valence-electron chi connectivity index (χ2n) is 4.68. The molecular weight excluding hydrogens is 274 g/mol. The van der Waals surface area contributed by atoms with E-state index in [1.165, 1.54) is 16.2 Å². The van der Waals surface area contributed by atoms with Crippen molar-refractivity contribution in [2.75, 3.05) is 0 Å². The zero-order valence-electron chi connectivity index (χ0n) is 10.6. The smallest absolute Gasteiger partial charge is 0.0764 e. The van der Waals surface area contributed by atoms with Gasteiger partial charge < -0.3 is 0 Å². The van der Waals surface area contributed by atoms with E-state index in [0.29, 0.717) is 5.25 Å². The van der Waals surface area contributed by atoms with Gasteiger partial charge in [0.25, 0.3) is 0 Å². The van der Waals surface area contributed by atoms with E-state index in [4.69, 9.17) is 16.6 Å². The topological polar surface area (TPSA) is 12.4 Å². The SMILES string of the molecule is CC1=Nc2ccccc2S[C@H](c2ccc(Cl)cc2)C1. The highest BCUT2D eigenvalue weighted by molar-refractivity contribution is 7.99. The first-order valence-electron chi connectivity index (χ1n) is 6.28. The summed E-state index contributed by atoms with van der Waals surface area (Å²) in [4.78, 5) is 5.95. The van der Waals surface area contributed by atoms with Gasteiger partial charge >= 0.3 is 0 Å². The highest BCUT2D eigenvalue weighted by Gasteiger charge is 2.19. The molecule has 0 saturated heterocycles. The van der Waals surface area contributed by atoms with Crippen LogP contribution in [0, 0.1) is 0 Å². The Kier molecular flexibility index (Phi) is 3.63. The van der Waals surface area contributed by atoms with E-state index < -0.39 is 0 Å². The zero-order chi connectivity index (χ0) is 13.2. The third-order valence-electron chi connectivity index (χ3n) is 3.17. The number of thioether (sulfide) groups is 1. The quantitative estimate of drug-likeness (QED) is 0.658. The third kappa shape index (κ3) is 2.85. The van der Waals surface area contributed by atoms with Gasteiger partial charge in [-0.25, -0.2) is 0 Å². The number of hydrogen-bond donors (Lipinski definition) is 0. The van der Waals surface area contributed by atoms with E-state index in [2.05, 4.69) is 37.3 Å². The lowest BCUT2D eigenvalue weighted by atomic mass is 10.1. The molecule has 0 bridgehead atoms. The Hall–Kier alpha value is -1.25. The van der Waals surface area contributed by atoms with Crippen molar-refractivity contribution in [3.05, 3.63) is 59.1 Å². The minimum absolute atomic E-state index is 0.407. The molecular formula is C16H14ClNS. The first-order chi connectivity index (χ1) is 9.22. The first kappa shape index (κ1) is 12.8. The van der Waals surface area contributed by atoms with E-state index in [1.54, 1.807) is 0 Å². The molecule has 0 spiro atoms. The summed E-state index contributed by atoms with van der Waals surface area (Å²) in [5.74, 6) is 0. The molecule has 96 valence electrons. The van der Waals surface area contributed by atoms with Gasteiger partial charge in [0, 0.05) is 27.3 Å². The van der Waals surface area contributed by atoms with Crippen LogP contribution in [-0.2, 0) is 0 Å². The predicted molar refractivity (Wildman–Crippen MR) is 83.9 cm³/mol. The van der Waals surface area contributed by atoms with Crippen LogP contribution in [0.1, 0.15) is 24.2 Å². The summed E-state index contributed by atoms with van der Waals surface area (Å²) in [7, 11) is 0. The van der Waals surface area contributed by atoms with Crippen LogP contribution in [0.25, 0.3) is 0 Å². The van der Waals surface area contributed by atoms with Crippen molar-refractivity contribution < 1.29 is 0 Å². The van der Waals surface area contributed by atoms with E-state index in [-0.39, 0.29) is 0 Å². The third-order valence-corrected chi connectivity index (χ3v) is 4.74. The van der Waals surface area contributed by atoms with E-state index in [9.17, 15) is 0 Å². The van der Waals surface area contributed by atoms with Crippen LogP contribution in [0.3, 0.4) is 0 Å². The van der Waals surface area contributed by atoms with Gasteiger partial charge in [0.2, 0.25) is 0 Å². The average molecular weight is 288 g/mol. The second-order valence-corrected chi connectivity index (χ2v) is 6.36. The lowest BCUT2D eigenvalue weighted by Gasteiger charge is -2.15. The Morgan fingerprint density at radius 2 is 1.84 bits per heavy atom. The van der Waals surface area contributed by atoms with E-state index >= 15 is 0 Å². The molecule has 0 unspecified atom stereocenters. The van der Waals surface area contributed by atoms with Crippen molar-refractivity contribution in [2.45, 2.75) is 23.5 Å². The van der Waals surface area contributed by atoms with Gasteiger partial charge in [0.15, 0.2) is 0 Å². The molecule has 0 N–H and O–H groups in total. The van der Waals surface area contributed by atoms with Crippen LogP contribution >= 0.6 is 23.4 Å². The van der Waals surface area contributed by atoms with Crippen LogP contribution in [-0.4, -0.2) is 5.71 Å². The summed E-state index contributed by atoms with van der Waals surface area (Å²) in [6, 6.07) is 16.5. The van der Waals surface area contributed by atoms with Crippen molar-refractivity contribution >= 4 is 34.8 Å². The summed E-state index contributed by atoms with van der Waals surface area (Å²) >= 11 is 7.84. The van der Waals surface area contributed by atoms with Crippen molar-refractivity contribution in [1.82, 2.24) is 0 Å². The molecule has 1 aliphatic rings. The number of hydrogen-bond acceptors (Lipinski definition) is 2. The largest absolute Gasteiger partial charge is 0.257 e. The number of benzene rings is 2. The van der Waals surface area contributed by atoms with Crippen LogP contribution < -0.4 is 0 Å². The number of aliphatic imine (C=N–C) groups is 1. The summed E-state index contributed by atoms with van der Waals surface area (Å²) in [5.41, 5.74) is 3.57. The van der Waals surface area contributed by atoms with Crippen molar-refractivity contribution in [3.63, 3.8) is 0 Å². The highest BCUT2D eigenvalue weighted by atomic mass is 35.5. The second kappa shape index (κ2) is 5.40.